The van der Waals surface area contributed by atoms with Gasteiger partial charge in [-0.1, -0.05) is 18.5 Å². The van der Waals surface area contributed by atoms with Crippen LogP contribution in [0, 0.1) is 6.92 Å². The molecule has 0 aliphatic carbocycles. The van der Waals surface area contributed by atoms with E-state index in [0.717, 1.165) is 6.42 Å². The minimum atomic E-state index is -3.56. The number of nitrogens with zero attached hydrogens (tertiary/aromatic N) is 1. The van der Waals surface area contributed by atoms with Crippen molar-refractivity contribution in [1.29, 1.82) is 0 Å². The van der Waals surface area contributed by atoms with Crippen LogP contribution in [-0.2, 0) is 14.8 Å². The van der Waals surface area contributed by atoms with Gasteiger partial charge in [0.25, 0.3) is 0 Å². The first-order valence-electron chi connectivity index (χ1n) is 6.53. The summed E-state index contributed by atoms with van der Waals surface area (Å²) in [5.74, 6) is 0. The van der Waals surface area contributed by atoms with Crippen molar-refractivity contribution in [3.05, 3.63) is 22.7 Å². The summed E-state index contributed by atoms with van der Waals surface area (Å²) in [5, 5.41) is 0.370. The third kappa shape index (κ3) is 2.93. The molecule has 112 valence electrons. The molecule has 1 aliphatic rings. The Balaban J connectivity index is 2.37. The van der Waals surface area contributed by atoms with E-state index in [-0.39, 0.29) is 16.7 Å². The third-order valence-corrected chi connectivity index (χ3v) is 5.80. The number of nitrogen functional groups attached to an aromatic ring is 1. The summed E-state index contributed by atoms with van der Waals surface area (Å²) in [6, 6.07) is 3.02. The maximum atomic E-state index is 12.7. The number of sulfonamides is 1. The highest BCUT2D eigenvalue weighted by atomic mass is 35.5. The largest absolute Gasteiger partial charge is 0.397 e. The summed E-state index contributed by atoms with van der Waals surface area (Å²) in [6.07, 6.45) is 0.733. The van der Waals surface area contributed by atoms with Gasteiger partial charge in [-0.05, 0) is 31.0 Å². The Morgan fingerprint density at radius 1 is 1.50 bits per heavy atom. The number of hydrogen-bond donors (Lipinski definition) is 1. The highest BCUT2D eigenvalue weighted by molar-refractivity contribution is 7.89. The number of nitrogens with two attached hydrogens (primary N) is 1. The van der Waals surface area contributed by atoms with Gasteiger partial charge in [-0.15, -0.1) is 0 Å². The minimum Gasteiger partial charge on any atom is -0.397 e. The maximum Gasteiger partial charge on any atom is 0.243 e. The standard InChI is InChI=1S/C13H19ClN2O3S/c1-3-10-8-16(4-5-19-10)20(17,18)13-7-12(15)11(14)6-9(13)2/h6-7,10H,3-5,8,15H2,1-2H3. The van der Waals surface area contributed by atoms with E-state index in [9.17, 15) is 8.42 Å². The average Bonchev–Trinajstić information content (AvgIpc) is 2.42. The quantitative estimate of drug-likeness (QED) is 0.865. The Hall–Kier alpha value is -0.820. The number of rotatable bonds is 3. The van der Waals surface area contributed by atoms with E-state index in [1.54, 1.807) is 13.0 Å². The number of aryl methyl sites for hydroxylation is 1. The average molecular weight is 319 g/mol. The van der Waals surface area contributed by atoms with Gasteiger partial charge in [-0.25, -0.2) is 8.42 Å². The first-order chi connectivity index (χ1) is 9.36. The lowest BCUT2D eigenvalue weighted by atomic mass is 10.2. The molecule has 1 aromatic carbocycles. The topological polar surface area (TPSA) is 72.6 Å². The smallest absolute Gasteiger partial charge is 0.243 e. The fourth-order valence-corrected chi connectivity index (χ4v) is 4.16. The Kier molecular flexibility index (Phi) is 4.59. The van der Waals surface area contributed by atoms with Crippen LogP contribution in [0.2, 0.25) is 5.02 Å². The second-order valence-corrected chi connectivity index (χ2v) is 7.22. The zero-order chi connectivity index (χ0) is 14.9. The molecule has 7 heteroatoms. The molecule has 1 fully saturated rings. The lowest BCUT2D eigenvalue weighted by Crippen LogP contribution is -2.45. The predicted octanol–water partition coefficient (Wildman–Crippen LogP) is 2.03. The summed E-state index contributed by atoms with van der Waals surface area (Å²) in [7, 11) is -3.56. The Bertz CT molecular complexity index is 604. The van der Waals surface area contributed by atoms with E-state index in [4.69, 9.17) is 22.1 Å². The van der Waals surface area contributed by atoms with Gasteiger partial charge >= 0.3 is 0 Å². The van der Waals surface area contributed by atoms with Crippen molar-refractivity contribution >= 4 is 27.3 Å². The van der Waals surface area contributed by atoms with Gasteiger partial charge in [0.15, 0.2) is 0 Å². The van der Waals surface area contributed by atoms with Crippen molar-refractivity contribution in [2.24, 2.45) is 0 Å². The molecule has 1 aliphatic heterocycles. The van der Waals surface area contributed by atoms with Gasteiger partial charge in [0.1, 0.15) is 0 Å². The molecule has 0 radical (unpaired) electrons. The molecular formula is C13H19ClN2O3S. The van der Waals surface area contributed by atoms with Gasteiger partial charge in [-0.3, -0.25) is 0 Å². The van der Waals surface area contributed by atoms with E-state index in [1.807, 2.05) is 6.92 Å². The molecule has 5 nitrogen and oxygen atoms in total. The van der Waals surface area contributed by atoms with Crippen molar-refractivity contribution in [2.75, 3.05) is 25.4 Å². The third-order valence-electron chi connectivity index (χ3n) is 3.47. The van der Waals surface area contributed by atoms with Gasteiger partial charge in [0, 0.05) is 13.1 Å². The molecule has 0 saturated carbocycles. The second-order valence-electron chi connectivity index (χ2n) is 4.90. The molecule has 2 N–H and O–H groups in total. The summed E-state index contributed by atoms with van der Waals surface area (Å²) in [4.78, 5) is 0.219. The first kappa shape index (κ1) is 15.6. The highest BCUT2D eigenvalue weighted by Crippen LogP contribution is 2.29. The van der Waals surface area contributed by atoms with E-state index >= 15 is 0 Å². The number of morpholine rings is 1. The van der Waals surface area contributed by atoms with Crippen LogP contribution < -0.4 is 5.73 Å². The van der Waals surface area contributed by atoms with Crippen molar-refractivity contribution in [1.82, 2.24) is 4.31 Å². The number of benzene rings is 1. The van der Waals surface area contributed by atoms with Gasteiger partial charge in [0.05, 0.1) is 28.3 Å². The van der Waals surface area contributed by atoms with Crippen molar-refractivity contribution < 1.29 is 13.2 Å². The summed E-state index contributed by atoms with van der Waals surface area (Å²) in [6.45, 7) is 4.85. The molecule has 0 aromatic heterocycles. The Morgan fingerprint density at radius 2 is 2.20 bits per heavy atom. The summed E-state index contributed by atoms with van der Waals surface area (Å²) in [5.41, 5.74) is 6.60. The van der Waals surface area contributed by atoms with Crippen LogP contribution in [0.1, 0.15) is 18.9 Å². The maximum absolute atomic E-state index is 12.7. The number of halogens is 1. The Morgan fingerprint density at radius 3 is 2.85 bits per heavy atom. The fraction of sp³-hybridized carbons (Fsp3) is 0.538. The van der Waals surface area contributed by atoms with Crippen LogP contribution in [0.3, 0.4) is 0 Å². The van der Waals surface area contributed by atoms with Crippen molar-refractivity contribution in [3.63, 3.8) is 0 Å². The van der Waals surface area contributed by atoms with E-state index in [0.29, 0.717) is 30.3 Å². The van der Waals surface area contributed by atoms with Crippen molar-refractivity contribution in [3.8, 4) is 0 Å². The molecular weight excluding hydrogens is 300 g/mol. The predicted molar refractivity (Wildman–Crippen MR) is 79.4 cm³/mol. The molecule has 1 unspecified atom stereocenters. The normalized spacial score (nSPS) is 21.1. The van der Waals surface area contributed by atoms with Crippen LogP contribution in [0.15, 0.2) is 17.0 Å². The van der Waals surface area contributed by atoms with E-state index in [1.165, 1.54) is 10.4 Å². The first-order valence-corrected chi connectivity index (χ1v) is 8.35. The molecule has 0 amide bonds. The molecule has 1 atom stereocenters. The van der Waals surface area contributed by atoms with Gasteiger partial charge in [-0.2, -0.15) is 4.31 Å². The summed E-state index contributed by atoms with van der Waals surface area (Å²) < 4.78 is 32.4. The lowest BCUT2D eigenvalue weighted by Gasteiger charge is -2.32. The fourth-order valence-electron chi connectivity index (χ4n) is 2.24. The molecule has 20 heavy (non-hydrogen) atoms. The number of anilines is 1. The summed E-state index contributed by atoms with van der Waals surface area (Å²) >= 11 is 5.91. The van der Waals surface area contributed by atoms with Crippen molar-refractivity contribution in [2.45, 2.75) is 31.3 Å². The molecule has 1 aromatic rings. The van der Waals surface area contributed by atoms with E-state index < -0.39 is 10.0 Å². The Labute approximate surface area is 124 Å². The van der Waals surface area contributed by atoms with Crippen LogP contribution in [0.4, 0.5) is 5.69 Å². The number of ether oxygens (including phenoxy) is 1. The van der Waals surface area contributed by atoms with Crippen LogP contribution in [-0.4, -0.2) is 38.5 Å². The highest BCUT2D eigenvalue weighted by Gasteiger charge is 2.31. The van der Waals surface area contributed by atoms with Crippen LogP contribution in [0.5, 0.6) is 0 Å². The molecule has 1 heterocycles. The van der Waals surface area contributed by atoms with Crippen LogP contribution in [0.25, 0.3) is 0 Å². The SMILES string of the molecule is CCC1CN(S(=O)(=O)c2cc(N)c(Cl)cc2C)CCO1. The van der Waals surface area contributed by atoms with Crippen LogP contribution >= 0.6 is 11.6 Å². The minimum absolute atomic E-state index is 0.0523. The number of hydrogen-bond acceptors (Lipinski definition) is 4. The van der Waals surface area contributed by atoms with E-state index in [2.05, 4.69) is 0 Å². The molecule has 2 rings (SSSR count). The monoisotopic (exact) mass is 318 g/mol. The molecule has 0 bridgehead atoms. The van der Waals surface area contributed by atoms with Gasteiger partial charge < -0.3 is 10.5 Å². The molecule has 0 spiro atoms. The molecule has 1 saturated heterocycles. The lowest BCUT2D eigenvalue weighted by molar-refractivity contribution is -0.00278. The zero-order valence-corrected chi connectivity index (χ0v) is 13.2. The zero-order valence-electron chi connectivity index (χ0n) is 11.6. The second kappa shape index (κ2) is 5.89. The van der Waals surface area contributed by atoms with Gasteiger partial charge in [0.2, 0.25) is 10.0 Å².